The highest BCUT2D eigenvalue weighted by Gasteiger charge is 2.22. The van der Waals surface area contributed by atoms with Crippen molar-refractivity contribution in [3.63, 3.8) is 0 Å². The Bertz CT molecular complexity index is 941. The van der Waals surface area contributed by atoms with Crippen LogP contribution in [0.25, 0.3) is 10.8 Å². The summed E-state index contributed by atoms with van der Waals surface area (Å²) in [6, 6.07) is 19.7. The largest absolute Gasteiger partial charge is 0.489 e. The third-order valence-corrected chi connectivity index (χ3v) is 5.89. The molecule has 1 atom stereocenters. The molecule has 1 fully saturated rings. The van der Waals surface area contributed by atoms with Crippen LogP contribution in [-0.4, -0.2) is 30.6 Å². The third kappa shape index (κ3) is 4.77. The van der Waals surface area contributed by atoms with Crippen LogP contribution in [0.1, 0.15) is 30.9 Å². The molecule has 0 radical (unpaired) electrons. The number of ether oxygens (including phenoxy) is 1. The molecule has 0 aliphatic carbocycles. The van der Waals surface area contributed by atoms with Crippen LogP contribution >= 0.6 is 0 Å². The Morgan fingerprint density at radius 1 is 1.07 bits per heavy atom. The van der Waals surface area contributed by atoms with Crippen molar-refractivity contribution in [3.05, 3.63) is 77.6 Å². The highest BCUT2D eigenvalue weighted by Crippen LogP contribution is 2.29. The lowest BCUT2D eigenvalue weighted by atomic mass is 10.0. The molecule has 4 rings (SSSR count). The van der Waals surface area contributed by atoms with Gasteiger partial charge < -0.3 is 10.1 Å². The quantitative estimate of drug-likeness (QED) is 0.575. The Balaban J connectivity index is 1.50. The molecule has 3 aromatic rings. The average molecular weight is 393 g/mol. The van der Waals surface area contributed by atoms with Crippen LogP contribution < -0.4 is 10.1 Å². The van der Waals surface area contributed by atoms with Crippen molar-refractivity contribution in [2.45, 2.75) is 39.0 Å². The standard InChI is InChI=1S/C25H29FN2O/c1-2-28-15-5-7-22(28)16-27-17-24-23-8-4-3-6-20(23)11-14-25(24)29-18-19-9-12-21(26)13-10-19/h3-4,6,8-14,22,27H,2,5,7,15-18H2,1H3/t22-/m1/s1. The maximum Gasteiger partial charge on any atom is 0.124 e. The predicted octanol–water partition coefficient (Wildman–Crippen LogP) is 5.13. The minimum atomic E-state index is -0.225. The zero-order valence-electron chi connectivity index (χ0n) is 17.0. The van der Waals surface area contributed by atoms with E-state index in [1.807, 2.05) is 0 Å². The Hall–Kier alpha value is -2.43. The molecule has 1 aliphatic heterocycles. The van der Waals surface area contributed by atoms with Gasteiger partial charge in [-0.05, 0) is 60.5 Å². The molecule has 1 saturated heterocycles. The van der Waals surface area contributed by atoms with E-state index in [1.165, 1.54) is 47.9 Å². The molecule has 3 aromatic carbocycles. The summed E-state index contributed by atoms with van der Waals surface area (Å²) < 4.78 is 19.3. The zero-order valence-corrected chi connectivity index (χ0v) is 17.0. The smallest absolute Gasteiger partial charge is 0.124 e. The van der Waals surface area contributed by atoms with E-state index >= 15 is 0 Å². The van der Waals surface area contributed by atoms with Gasteiger partial charge in [0, 0.05) is 24.7 Å². The molecular weight excluding hydrogens is 363 g/mol. The van der Waals surface area contributed by atoms with Gasteiger partial charge in [0.05, 0.1) is 0 Å². The molecule has 0 saturated carbocycles. The van der Waals surface area contributed by atoms with Crippen LogP contribution in [0.2, 0.25) is 0 Å². The minimum Gasteiger partial charge on any atom is -0.489 e. The fraction of sp³-hybridized carbons (Fsp3) is 0.360. The topological polar surface area (TPSA) is 24.5 Å². The first-order valence-corrected chi connectivity index (χ1v) is 10.6. The normalized spacial score (nSPS) is 17.1. The summed E-state index contributed by atoms with van der Waals surface area (Å²) in [6.45, 7) is 6.76. The van der Waals surface area contributed by atoms with E-state index in [2.05, 4.69) is 53.5 Å². The van der Waals surface area contributed by atoms with Crippen LogP contribution in [0.3, 0.4) is 0 Å². The van der Waals surface area contributed by atoms with Crippen LogP contribution in [0, 0.1) is 5.82 Å². The lowest BCUT2D eigenvalue weighted by Crippen LogP contribution is -2.37. The van der Waals surface area contributed by atoms with Gasteiger partial charge in [0.1, 0.15) is 18.2 Å². The van der Waals surface area contributed by atoms with Crippen molar-refractivity contribution >= 4 is 10.8 Å². The maximum absolute atomic E-state index is 13.2. The summed E-state index contributed by atoms with van der Waals surface area (Å²) in [5.74, 6) is 0.664. The number of hydrogen-bond donors (Lipinski definition) is 1. The van der Waals surface area contributed by atoms with Gasteiger partial charge in [0.15, 0.2) is 0 Å². The SMILES string of the molecule is CCN1CCC[C@@H]1CNCc1c(OCc2ccc(F)cc2)ccc2ccccc12. The molecule has 3 nitrogen and oxygen atoms in total. The van der Waals surface area contributed by atoms with E-state index in [0.29, 0.717) is 12.6 Å². The summed E-state index contributed by atoms with van der Waals surface area (Å²) in [6.07, 6.45) is 2.56. The highest BCUT2D eigenvalue weighted by molar-refractivity contribution is 5.87. The second-order valence-corrected chi connectivity index (χ2v) is 7.73. The molecule has 29 heavy (non-hydrogen) atoms. The average Bonchev–Trinajstić information content (AvgIpc) is 3.21. The summed E-state index contributed by atoms with van der Waals surface area (Å²) in [4.78, 5) is 2.56. The monoisotopic (exact) mass is 392 g/mol. The van der Waals surface area contributed by atoms with Gasteiger partial charge in [-0.3, -0.25) is 4.90 Å². The molecule has 1 aliphatic rings. The van der Waals surface area contributed by atoms with Crippen LogP contribution in [0.15, 0.2) is 60.7 Å². The van der Waals surface area contributed by atoms with Gasteiger partial charge in [-0.15, -0.1) is 0 Å². The number of hydrogen-bond acceptors (Lipinski definition) is 3. The second-order valence-electron chi connectivity index (χ2n) is 7.73. The van der Waals surface area contributed by atoms with E-state index in [1.54, 1.807) is 12.1 Å². The predicted molar refractivity (Wildman–Crippen MR) is 117 cm³/mol. The third-order valence-electron chi connectivity index (χ3n) is 5.89. The molecule has 0 amide bonds. The first-order chi connectivity index (χ1) is 14.2. The first kappa shape index (κ1) is 19.9. The molecule has 4 heteroatoms. The van der Waals surface area contributed by atoms with E-state index < -0.39 is 0 Å². The van der Waals surface area contributed by atoms with E-state index in [9.17, 15) is 4.39 Å². The van der Waals surface area contributed by atoms with Crippen molar-refractivity contribution in [1.82, 2.24) is 10.2 Å². The molecule has 1 N–H and O–H groups in total. The van der Waals surface area contributed by atoms with Crippen LogP contribution in [-0.2, 0) is 13.2 Å². The van der Waals surface area contributed by atoms with Crippen LogP contribution in [0.4, 0.5) is 4.39 Å². The molecule has 1 heterocycles. The number of fused-ring (bicyclic) bond motifs is 1. The summed E-state index contributed by atoms with van der Waals surface area (Å²) in [7, 11) is 0. The number of rotatable bonds is 8. The second kappa shape index (κ2) is 9.38. The van der Waals surface area contributed by atoms with E-state index in [0.717, 1.165) is 30.9 Å². The van der Waals surface area contributed by atoms with Crippen molar-refractivity contribution in [1.29, 1.82) is 0 Å². The fourth-order valence-corrected chi connectivity index (χ4v) is 4.28. The van der Waals surface area contributed by atoms with Gasteiger partial charge in [-0.2, -0.15) is 0 Å². The van der Waals surface area contributed by atoms with Crippen molar-refractivity contribution in [2.24, 2.45) is 0 Å². The van der Waals surface area contributed by atoms with Gasteiger partial charge >= 0.3 is 0 Å². The number of halogens is 1. The fourth-order valence-electron chi connectivity index (χ4n) is 4.28. The maximum atomic E-state index is 13.2. The van der Waals surface area contributed by atoms with E-state index in [-0.39, 0.29) is 5.82 Å². The number of nitrogens with one attached hydrogen (secondary N) is 1. The summed E-state index contributed by atoms with van der Waals surface area (Å²) in [5, 5.41) is 6.11. The highest BCUT2D eigenvalue weighted by atomic mass is 19.1. The number of nitrogens with zero attached hydrogens (tertiary/aromatic N) is 1. The summed E-state index contributed by atoms with van der Waals surface area (Å²) in [5.41, 5.74) is 2.15. The number of benzene rings is 3. The van der Waals surface area contributed by atoms with Crippen molar-refractivity contribution in [3.8, 4) is 5.75 Å². The van der Waals surface area contributed by atoms with Crippen molar-refractivity contribution in [2.75, 3.05) is 19.6 Å². The number of likely N-dealkylation sites (tertiary alicyclic amines) is 1. The minimum absolute atomic E-state index is 0.225. The number of likely N-dealkylation sites (N-methyl/N-ethyl adjacent to an activating group) is 1. The molecule has 0 bridgehead atoms. The Morgan fingerprint density at radius 3 is 2.72 bits per heavy atom. The van der Waals surface area contributed by atoms with Gasteiger partial charge in [0.2, 0.25) is 0 Å². The Labute approximate surface area is 172 Å². The molecule has 152 valence electrons. The molecule has 0 aromatic heterocycles. The van der Waals surface area contributed by atoms with Crippen LogP contribution in [0.5, 0.6) is 5.75 Å². The Morgan fingerprint density at radius 2 is 1.90 bits per heavy atom. The molecule has 0 spiro atoms. The molecular formula is C25H29FN2O. The van der Waals surface area contributed by atoms with Gasteiger partial charge in [0.25, 0.3) is 0 Å². The van der Waals surface area contributed by atoms with Gasteiger partial charge in [-0.1, -0.05) is 49.4 Å². The van der Waals surface area contributed by atoms with Gasteiger partial charge in [-0.25, -0.2) is 4.39 Å². The summed E-state index contributed by atoms with van der Waals surface area (Å²) >= 11 is 0. The molecule has 0 unspecified atom stereocenters. The lowest BCUT2D eigenvalue weighted by Gasteiger charge is -2.23. The van der Waals surface area contributed by atoms with E-state index in [4.69, 9.17) is 4.74 Å². The Kier molecular flexibility index (Phi) is 6.43. The first-order valence-electron chi connectivity index (χ1n) is 10.6. The lowest BCUT2D eigenvalue weighted by molar-refractivity contribution is 0.259. The zero-order chi connectivity index (χ0) is 20.1. The van der Waals surface area contributed by atoms with Crippen molar-refractivity contribution < 1.29 is 9.13 Å².